The Balaban J connectivity index is 2.89. The van der Waals surface area contributed by atoms with Crippen LogP contribution in [0.15, 0.2) is 18.3 Å². The third kappa shape index (κ3) is 1.73. The molecule has 4 heteroatoms. The van der Waals surface area contributed by atoms with Crippen LogP contribution in [0, 0.1) is 0 Å². The highest BCUT2D eigenvalue weighted by molar-refractivity contribution is 14.1. The van der Waals surface area contributed by atoms with Gasteiger partial charge in [-0.1, -0.05) is 0 Å². The summed E-state index contributed by atoms with van der Waals surface area (Å²) in [6, 6.07) is 3.71. The van der Waals surface area contributed by atoms with Crippen molar-refractivity contribution in [3.05, 3.63) is 18.3 Å². The van der Waals surface area contributed by atoms with Crippen molar-refractivity contribution in [1.29, 1.82) is 0 Å². The Morgan fingerprint density at radius 3 is 2.70 bits per heavy atom. The number of nitrogens with zero attached hydrogens (tertiary/aromatic N) is 2. The molecule has 0 unspecified atom stereocenters. The summed E-state index contributed by atoms with van der Waals surface area (Å²) in [6.45, 7) is 0. The molecule has 0 saturated carbocycles. The zero-order valence-electron chi connectivity index (χ0n) is 5.58. The smallest absolute Gasteiger partial charge is 0.123 e. The molecule has 1 aromatic heterocycles. The van der Waals surface area contributed by atoms with E-state index in [1.807, 2.05) is 16.2 Å². The van der Waals surface area contributed by atoms with Gasteiger partial charge in [-0.25, -0.2) is 4.98 Å². The van der Waals surface area contributed by atoms with Gasteiger partial charge >= 0.3 is 0 Å². The van der Waals surface area contributed by atoms with Gasteiger partial charge < -0.3 is 8.85 Å². The van der Waals surface area contributed by atoms with E-state index in [4.69, 9.17) is 5.73 Å². The Morgan fingerprint density at radius 2 is 2.30 bits per heavy atom. The Hall–Kier alpha value is -0.520. The third-order valence-corrected chi connectivity index (χ3v) is 1.68. The predicted octanol–water partition coefficient (Wildman–Crippen LogP) is 1.45. The van der Waals surface area contributed by atoms with Gasteiger partial charge in [0.25, 0.3) is 0 Å². The van der Waals surface area contributed by atoms with E-state index >= 15 is 0 Å². The first-order chi connectivity index (χ1) is 4.70. The molecule has 1 rings (SSSR count). The normalized spacial score (nSPS) is 9.40. The van der Waals surface area contributed by atoms with Crippen LogP contribution in [0.25, 0.3) is 0 Å². The van der Waals surface area contributed by atoms with E-state index in [2.05, 4.69) is 27.8 Å². The topological polar surface area (TPSA) is 42.1 Å². The summed E-state index contributed by atoms with van der Waals surface area (Å²) in [5.41, 5.74) is 6.45. The SMILES string of the molecule is CN(I)c1ccc(N)nc1. The van der Waals surface area contributed by atoms with Gasteiger partial charge in [-0.05, 0) is 12.1 Å². The van der Waals surface area contributed by atoms with Gasteiger partial charge in [0.1, 0.15) is 5.82 Å². The number of rotatable bonds is 1. The van der Waals surface area contributed by atoms with Crippen LogP contribution in [0.1, 0.15) is 0 Å². The second kappa shape index (κ2) is 3.05. The van der Waals surface area contributed by atoms with Gasteiger partial charge in [0.2, 0.25) is 0 Å². The average Bonchev–Trinajstić information content (AvgIpc) is 1.88. The number of aromatic nitrogens is 1. The third-order valence-electron chi connectivity index (χ3n) is 1.13. The summed E-state index contributed by atoms with van der Waals surface area (Å²) in [7, 11) is 1.95. The van der Waals surface area contributed by atoms with Gasteiger partial charge in [0.15, 0.2) is 0 Å². The van der Waals surface area contributed by atoms with Gasteiger partial charge in [-0.3, -0.25) is 0 Å². The van der Waals surface area contributed by atoms with Crippen molar-refractivity contribution in [3.63, 3.8) is 0 Å². The van der Waals surface area contributed by atoms with Crippen LogP contribution in [0.4, 0.5) is 11.5 Å². The van der Waals surface area contributed by atoms with Crippen LogP contribution in [0.5, 0.6) is 0 Å². The molecule has 0 spiro atoms. The second-order valence-corrected chi connectivity index (χ2v) is 3.37. The number of halogens is 1. The standard InChI is InChI=1S/C6H8IN3/c1-10(7)5-2-3-6(8)9-4-5/h2-4H,1H3,(H2,8,9). The van der Waals surface area contributed by atoms with E-state index < -0.39 is 0 Å². The van der Waals surface area contributed by atoms with Crippen LogP contribution in [0.2, 0.25) is 0 Å². The maximum Gasteiger partial charge on any atom is 0.123 e. The highest BCUT2D eigenvalue weighted by Crippen LogP contribution is 2.14. The molecule has 0 saturated heterocycles. The minimum Gasteiger partial charge on any atom is -0.384 e. The molecular formula is C6H8IN3. The summed E-state index contributed by atoms with van der Waals surface area (Å²) >= 11 is 2.17. The summed E-state index contributed by atoms with van der Waals surface area (Å²) in [6.07, 6.45) is 1.74. The van der Waals surface area contributed by atoms with Crippen LogP contribution in [-0.2, 0) is 0 Å². The lowest BCUT2D eigenvalue weighted by Gasteiger charge is -2.07. The maximum absolute atomic E-state index is 5.39. The first kappa shape index (κ1) is 7.59. The molecule has 2 N–H and O–H groups in total. The largest absolute Gasteiger partial charge is 0.384 e. The molecule has 0 radical (unpaired) electrons. The minimum absolute atomic E-state index is 0.557. The van der Waals surface area contributed by atoms with E-state index in [9.17, 15) is 0 Å². The van der Waals surface area contributed by atoms with E-state index in [-0.39, 0.29) is 0 Å². The molecule has 0 aliphatic heterocycles. The fourth-order valence-electron chi connectivity index (χ4n) is 0.580. The number of anilines is 2. The average molecular weight is 249 g/mol. The van der Waals surface area contributed by atoms with Crippen molar-refractivity contribution in [2.75, 3.05) is 15.9 Å². The number of hydrogen-bond acceptors (Lipinski definition) is 3. The van der Waals surface area contributed by atoms with E-state index in [1.54, 1.807) is 12.3 Å². The van der Waals surface area contributed by atoms with Crippen LogP contribution < -0.4 is 8.85 Å². The quantitative estimate of drug-likeness (QED) is 0.605. The zero-order valence-corrected chi connectivity index (χ0v) is 7.74. The molecule has 3 nitrogen and oxygen atoms in total. The Kier molecular flexibility index (Phi) is 2.31. The lowest BCUT2D eigenvalue weighted by Crippen LogP contribution is -2.00. The zero-order chi connectivity index (χ0) is 7.56. The van der Waals surface area contributed by atoms with Crippen LogP contribution in [-0.4, -0.2) is 12.0 Å². The van der Waals surface area contributed by atoms with Crippen molar-refractivity contribution in [3.8, 4) is 0 Å². The van der Waals surface area contributed by atoms with Crippen LogP contribution >= 0.6 is 22.9 Å². The van der Waals surface area contributed by atoms with E-state index in [1.165, 1.54) is 0 Å². The molecule has 0 amide bonds. The Labute approximate surface area is 73.7 Å². The predicted molar refractivity (Wildman–Crippen MR) is 51.1 cm³/mol. The number of hydrogen-bond donors (Lipinski definition) is 1. The molecule has 0 atom stereocenters. The van der Waals surface area contributed by atoms with E-state index in [0.717, 1.165) is 5.69 Å². The molecule has 1 aromatic rings. The Bertz CT molecular complexity index is 207. The summed E-state index contributed by atoms with van der Waals surface area (Å²) < 4.78 is 1.95. The van der Waals surface area contributed by atoms with Gasteiger partial charge in [0, 0.05) is 7.05 Å². The highest BCUT2D eigenvalue weighted by Gasteiger charge is 1.94. The molecule has 0 aliphatic carbocycles. The van der Waals surface area contributed by atoms with Crippen LogP contribution in [0.3, 0.4) is 0 Å². The second-order valence-electron chi connectivity index (χ2n) is 1.92. The summed E-state index contributed by atoms with van der Waals surface area (Å²) in [4.78, 5) is 3.93. The molecule has 0 aliphatic rings. The number of pyridine rings is 1. The number of nitrogens with two attached hydrogens (primary N) is 1. The minimum atomic E-state index is 0.557. The first-order valence-corrected chi connectivity index (χ1v) is 3.77. The van der Waals surface area contributed by atoms with Crippen molar-refractivity contribution in [2.24, 2.45) is 0 Å². The van der Waals surface area contributed by atoms with Crippen molar-refractivity contribution in [2.45, 2.75) is 0 Å². The molecule has 0 fully saturated rings. The summed E-state index contributed by atoms with van der Waals surface area (Å²) in [5.74, 6) is 0.557. The highest BCUT2D eigenvalue weighted by atomic mass is 127. The van der Waals surface area contributed by atoms with Gasteiger partial charge in [-0.2, -0.15) is 0 Å². The van der Waals surface area contributed by atoms with Crippen molar-refractivity contribution >= 4 is 34.4 Å². The van der Waals surface area contributed by atoms with E-state index in [0.29, 0.717) is 5.82 Å². The van der Waals surface area contributed by atoms with Crippen molar-refractivity contribution < 1.29 is 0 Å². The fraction of sp³-hybridized carbons (Fsp3) is 0.167. The molecule has 0 bridgehead atoms. The van der Waals surface area contributed by atoms with Gasteiger partial charge in [-0.15, -0.1) is 0 Å². The molecule has 10 heavy (non-hydrogen) atoms. The lowest BCUT2D eigenvalue weighted by atomic mass is 10.4. The first-order valence-electron chi connectivity index (χ1n) is 2.81. The van der Waals surface area contributed by atoms with Gasteiger partial charge in [0.05, 0.1) is 34.7 Å². The molecule has 54 valence electrons. The van der Waals surface area contributed by atoms with Crippen molar-refractivity contribution in [1.82, 2.24) is 4.98 Å². The summed E-state index contributed by atoms with van der Waals surface area (Å²) in [5, 5.41) is 0. The lowest BCUT2D eigenvalue weighted by molar-refractivity contribution is 1.29. The molecule has 1 heterocycles. The molecule has 0 aromatic carbocycles. The number of nitrogen functional groups attached to an aromatic ring is 1. The maximum atomic E-state index is 5.39. The monoisotopic (exact) mass is 249 g/mol. The fourth-order valence-corrected chi connectivity index (χ4v) is 0.865. The Morgan fingerprint density at radius 1 is 1.60 bits per heavy atom. The molecular weight excluding hydrogens is 241 g/mol.